The maximum absolute atomic E-state index is 5.61. The van der Waals surface area contributed by atoms with Crippen LogP contribution >= 0.6 is 0 Å². The van der Waals surface area contributed by atoms with Gasteiger partial charge in [-0.25, -0.2) is 0 Å². The molecular weight excluding hydrogens is 352 g/mol. The Morgan fingerprint density at radius 1 is 0.607 bits per heavy atom. The van der Waals surface area contributed by atoms with E-state index in [-0.39, 0.29) is 0 Å². The van der Waals surface area contributed by atoms with Crippen LogP contribution in [0.15, 0.2) is 23.8 Å². The molecule has 0 amide bonds. The molecule has 1 aliphatic carbocycles. The minimum absolute atomic E-state index is 0.621. The molecule has 0 heterocycles. The molecule has 0 bridgehead atoms. The van der Waals surface area contributed by atoms with E-state index in [2.05, 4.69) is 25.2 Å². The van der Waals surface area contributed by atoms with Crippen LogP contribution in [0.3, 0.4) is 0 Å². The van der Waals surface area contributed by atoms with Crippen molar-refractivity contribution in [2.75, 3.05) is 52.9 Å². The van der Waals surface area contributed by atoms with E-state index in [4.69, 9.17) is 18.9 Å². The van der Waals surface area contributed by atoms with Crippen LogP contribution in [-0.2, 0) is 18.9 Å². The molecular formula is C24H44O4. The number of ether oxygens (including phenoxy) is 4. The van der Waals surface area contributed by atoms with Crippen LogP contribution in [0.5, 0.6) is 0 Å². The smallest absolute Gasteiger partial charge is 0.0701 e. The van der Waals surface area contributed by atoms with E-state index >= 15 is 0 Å². The lowest BCUT2D eigenvalue weighted by Gasteiger charge is -2.07. The Labute approximate surface area is 173 Å². The van der Waals surface area contributed by atoms with E-state index in [1.807, 2.05) is 0 Å². The molecule has 0 saturated carbocycles. The first-order chi connectivity index (χ1) is 13.9. The number of hydrogen-bond donors (Lipinski definition) is 0. The average molecular weight is 397 g/mol. The molecule has 0 radical (unpaired) electrons. The summed E-state index contributed by atoms with van der Waals surface area (Å²) in [5.74, 6) is 0. The van der Waals surface area contributed by atoms with Gasteiger partial charge in [0.1, 0.15) is 0 Å². The van der Waals surface area contributed by atoms with Crippen LogP contribution in [0.2, 0.25) is 0 Å². The van der Waals surface area contributed by atoms with Crippen molar-refractivity contribution in [3.63, 3.8) is 0 Å². The van der Waals surface area contributed by atoms with Crippen molar-refractivity contribution in [3.8, 4) is 0 Å². The van der Waals surface area contributed by atoms with Gasteiger partial charge in [-0.15, -0.1) is 0 Å². The largest absolute Gasteiger partial charge is 0.379 e. The molecule has 0 atom stereocenters. The van der Waals surface area contributed by atoms with Crippen LogP contribution < -0.4 is 0 Å². The molecule has 0 aliphatic heterocycles. The van der Waals surface area contributed by atoms with Gasteiger partial charge in [0.25, 0.3) is 0 Å². The molecule has 0 N–H and O–H groups in total. The molecule has 0 saturated heterocycles. The minimum atomic E-state index is 0.621. The third-order valence-corrected chi connectivity index (χ3v) is 4.89. The monoisotopic (exact) mass is 396 g/mol. The van der Waals surface area contributed by atoms with E-state index in [9.17, 15) is 0 Å². The first kappa shape index (κ1) is 25.4. The van der Waals surface area contributed by atoms with Gasteiger partial charge in [-0.1, -0.05) is 76.5 Å². The predicted molar refractivity (Wildman–Crippen MR) is 117 cm³/mol. The van der Waals surface area contributed by atoms with Crippen molar-refractivity contribution in [2.45, 2.75) is 77.6 Å². The second kappa shape index (κ2) is 21.0. The third kappa shape index (κ3) is 17.4. The summed E-state index contributed by atoms with van der Waals surface area (Å²) < 4.78 is 22.2. The fourth-order valence-corrected chi connectivity index (χ4v) is 3.16. The summed E-state index contributed by atoms with van der Waals surface area (Å²) in [6, 6.07) is 0. The van der Waals surface area contributed by atoms with E-state index in [1.54, 1.807) is 0 Å². The normalized spacial score (nSPS) is 13.4. The van der Waals surface area contributed by atoms with Crippen molar-refractivity contribution < 1.29 is 18.9 Å². The highest BCUT2D eigenvalue weighted by molar-refractivity contribution is 5.25. The summed E-state index contributed by atoms with van der Waals surface area (Å²) >= 11 is 0. The number of allylic oxidation sites excluding steroid dienone is 3. The van der Waals surface area contributed by atoms with Crippen molar-refractivity contribution in [3.05, 3.63) is 23.8 Å². The second-order valence-corrected chi connectivity index (χ2v) is 7.45. The van der Waals surface area contributed by atoms with Gasteiger partial charge in [-0.05, 0) is 24.8 Å². The zero-order chi connectivity index (χ0) is 20.0. The Morgan fingerprint density at radius 3 is 1.64 bits per heavy atom. The third-order valence-electron chi connectivity index (χ3n) is 4.89. The Morgan fingerprint density at radius 2 is 1.11 bits per heavy atom. The van der Waals surface area contributed by atoms with Gasteiger partial charge in [0.05, 0.1) is 46.2 Å². The highest BCUT2D eigenvalue weighted by atomic mass is 16.6. The molecule has 0 aromatic carbocycles. The zero-order valence-electron chi connectivity index (χ0n) is 18.3. The van der Waals surface area contributed by atoms with Gasteiger partial charge in [-0.3, -0.25) is 0 Å². The van der Waals surface area contributed by atoms with Crippen molar-refractivity contribution in [2.24, 2.45) is 0 Å². The summed E-state index contributed by atoms with van der Waals surface area (Å²) in [7, 11) is 0. The van der Waals surface area contributed by atoms with Gasteiger partial charge < -0.3 is 18.9 Å². The molecule has 1 aliphatic rings. The van der Waals surface area contributed by atoms with E-state index in [1.165, 1.54) is 63.4 Å². The number of hydrogen-bond acceptors (Lipinski definition) is 4. The quantitative estimate of drug-likeness (QED) is 0.215. The zero-order valence-corrected chi connectivity index (χ0v) is 18.3. The lowest BCUT2D eigenvalue weighted by Crippen LogP contribution is -2.12. The van der Waals surface area contributed by atoms with Crippen LogP contribution in [0.4, 0.5) is 0 Å². The molecule has 0 aromatic rings. The number of rotatable bonds is 22. The Kier molecular flexibility index (Phi) is 19.1. The van der Waals surface area contributed by atoms with Gasteiger partial charge >= 0.3 is 0 Å². The highest BCUT2D eigenvalue weighted by Gasteiger charge is 1.98. The predicted octanol–water partition coefficient (Wildman–Crippen LogP) is 5.86. The molecule has 0 unspecified atom stereocenters. The first-order valence-corrected chi connectivity index (χ1v) is 11.6. The molecule has 164 valence electrons. The van der Waals surface area contributed by atoms with Gasteiger partial charge in [0.2, 0.25) is 0 Å². The summed E-state index contributed by atoms with van der Waals surface area (Å²) in [6.45, 7) is 7.77. The average Bonchev–Trinajstić information content (AvgIpc) is 3.22. The number of unbranched alkanes of at least 4 members (excludes halogenated alkanes) is 8. The Balaban J connectivity index is 1.63. The summed E-state index contributed by atoms with van der Waals surface area (Å²) in [5.41, 5.74) is 1.38. The second-order valence-electron chi connectivity index (χ2n) is 7.45. The fraction of sp³-hybridized carbons (Fsp3) is 0.833. The fourth-order valence-electron chi connectivity index (χ4n) is 3.16. The van der Waals surface area contributed by atoms with E-state index in [0.29, 0.717) is 39.6 Å². The Bertz CT molecular complexity index is 379. The van der Waals surface area contributed by atoms with Crippen LogP contribution in [-0.4, -0.2) is 52.9 Å². The van der Waals surface area contributed by atoms with Crippen molar-refractivity contribution >= 4 is 0 Å². The lowest BCUT2D eigenvalue weighted by atomic mass is 10.1. The van der Waals surface area contributed by atoms with Gasteiger partial charge in [0, 0.05) is 6.61 Å². The van der Waals surface area contributed by atoms with E-state index < -0.39 is 0 Å². The van der Waals surface area contributed by atoms with E-state index in [0.717, 1.165) is 26.1 Å². The van der Waals surface area contributed by atoms with Crippen LogP contribution in [0.25, 0.3) is 0 Å². The summed E-state index contributed by atoms with van der Waals surface area (Å²) in [4.78, 5) is 0. The molecule has 28 heavy (non-hydrogen) atoms. The first-order valence-electron chi connectivity index (χ1n) is 11.6. The minimum Gasteiger partial charge on any atom is -0.379 e. The molecule has 4 heteroatoms. The maximum atomic E-state index is 5.61. The summed E-state index contributed by atoms with van der Waals surface area (Å²) in [6.07, 6.45) is 20.8. The molecule has 0 fully saturated rings. The highest BCUT2D eigenvalue weighted by Crippen LogP contribution is 2.12. The summed E-state index contributed by atoms with van der Waals surface area (Å²) in [5, 5.41) is 0. The maximum Gasteiger partial charge on any atom is 0.0701 e. The van der Waals surface area contributed by atoms with Crippen LogP contribution in [0.1, 0.15) is 77.6 Å². The van der Waals surface area contributed by atoms with Gasteiger partial charge in [-0.2, -0.15) is 0 Å². The molecule has 1 rings (SSSR count). The Hall–Kier alpha value is -0.680. The lowest BCUT2D eigenvalue weighted by molar-refractivity contribution is -0.00179. The van der Waals surface area contributed by atoms with Crippen LogP contribution in [0, 0.1) is 0 Å². The van der Waals surface area contributed by atoms with Crippen molar-refractivity contribution in [1.29, 1.82) is 0 Å². The standard InChI is InChI=1S/C24H44O4/c1-2-3-4-5-6-7-8-9-12-16-25-18-20-27-22-23-28-21-19-26-17-15-24-13-10-11-14-24/h10,13-14H,2-9,11-12,15-23H2,1H3. The van der Waals surface area contributed by atoms with Gasteiger partial charge in [0.15, 0.2) is 0 Å². The molecule has 0 aromatic heterocycles. The molecule has 0 spiro atoms. The topological polar surface area (TPSA) is 36.9 Å². The SMILES string of the molecule is CCCCCCCCCCCOCCOCCOCCOCCC1=CCC=C1. The molecule has 4 nitrogen and oxygen atoms in total. The van der Waals surface area contributed by atoms with Crippen molar-refractivity contribution in [1.82, 2.24) is 0 Å².